The van der Waals surface area contributed by atoms with Crippen LogP contribution in [0.15, 0.2) is 41.4 Å². The molecule has 1 amide bonds. The van der Waals surface area contributed by atoms with E-state index < -0.39 is 47.0 Å². The van der Waals surface area contributed by atoms with Crippen LogP contribution in [0, 0.1) is 0 Å². The topological polar surface area (TPSA) is 71.7 Å². The van der Waals surface area contributed by atoms with Gasteiger partial charge in [-0.25, -0.2) is 4.79 Å². The van der Waals surface area contributed by atoms with Crippen LogP contribution in [-0.2, 0) is 17.1 Å². The summed E-state index contributed by atoms with van der Waals surface area (Å²) in [6.07, 6.45) is -9.50. The molecule has 5 nitrogen and oxygen atoms in total. The van der Waals surface area contributed by atoms with Crippen molar-refractivity contribution in [2.75, 3.05) is 0 Å². The van der Waals surface area contributed by atoms with E-state index in [2.05, 4.69) is 4.99 Å². The number of carboxylic acid groups (broad SMARTS) is 1. The number of aromatic nitrogens is 1. The van der Waals surface area contributed by atoms with Gasteiger partial charge in [0.15, 0.2) is 4.80 Å². The van der Waals surface area contributed by atoms with Crippen molar-refractivity contribution in [3.05, 3.63) is 62.9 Å². The second-order valence-electron chi connectivity index (χ2n) is 6.57. The zero-order valence-electron chi connectivity index (χ0n) is 15.8. The van der Waals surface area contributed by atoms with Gasteiger partial charge in [0.05, 0.1) is 26.4 Å². The van der Waals surface area contributed by atoms with Crippen LogP contribution in [0.1, 0.15) is 34.5 Å². The highest BCUT2D eigenvalue weighted by molar-refractivity contribution is 7.17. The summed E-state index contributed by atoms with van der Waals surface area (Å²) in [6, 6.07) is 3.25. The lowest BCUT2D eigenvalue weighted by Gasteiger charge is -2.12. The molecule has 1 N–H and O–H groups in total. The molecule has 1 atom stereocenters. The number of carbonyl (C=O) groups excluding carboxylic acids is 1. The summed E-state index contributed by atoms with van der Waals surface area (Å²) in [5.74, 6) is -2.58. The molecule has 170 valence electrons. The van der Waals surface area contributed by atoms with E-state index in [4.69, 9.17) is 11.6 Å². The Morgan fingerprint density at radius 3 is 2.25 bits per heavy atom. The first-order valence-corrected chi connectivity index (χ1v) is 9.80. The Balaban J connectivity index is 2.27. The van der Waals surface area contributed by atoms with Crippen molar-refractivity contribution in [3.63, 3.8) is 0 Å². The van der Waals surface area contributed by atoms with Crippen molar-refractivity contribution in [2.24, 2.45) is 4.99 Å². The summed E-state index contributed by atoms with van der Waals surface area (Å²) in [5, 5.41) is 9.04. The summed E-state index contributed by atoms with van der Waals surface area (Å²) in [7, 11) is 0. The summed E-state index contributed by atoms with van der Waals surface area (Å²) < 4.78 is 79.3. The van der Waals surface area contributed by atoms with Gasteiger partial charge in [-0.3, -0.25) is 4.79 Å². The molecule has 0 aliphatic heterocycles. The molecular weight excluding hydrogens is 486 g/mol. The predicted octanol–water partition coefficient (Wildman–Crippen LogP) is 5.78. The largest absolute Gasteiger partial charge is 0.480 e. The van der Waals surface area contributed by atoms with Crippen LogP contribution in [0.25, 0.3) is 10.2 Å². The third-order valence-corrected chi connectivity index (χ3v) is 5.90. The first kappa shape index (κ1) is 23.8. The SMILES string of the molecule is CC(C(=O)O)n1/c(=N/C(=O)c2cccc(C(F)(F)F)c2)sc2c(Cl)cc(C(F)(F)F)cc21. The van der Waals surface area contributed by atoms with Gasteiger partial charge in [-0.15, -0.1) is 0 Å². The maximum absolute atomic E-state index is 13.2. The van der Waals surface area contributed by atoms with E-state index in [0.29, 0.717) is 29.5 Å². The summed E-state index contributed by atoms with van der Waals surface area (Å²) in [4.78, 5) is 27.4. The minimum atomic E-state index is -4.78. The van der Waals surface area contributed by atoms with E-state index in [1.165, 1.54) is 0 Å². The number of halogens is 7. The van der Waals surface area contributed by atoms with Gasteiger partial charge in [-0.1, -0.05) is 29.0 Å². The van der Waals surface area contributed by atoms with Crippen molar-refractivity contribution in [1.29, 1.82) is 0 Å². The molecule has 1 unspecified atom stereocenters. The molecule has 3 aromatic rings. The average Bonchev–Trinajstić information content (AvgIpc) is 3.04. The second kappa shape index (κ2) is 8.24. The Kier molecular flexibility index (Phi) is 6.13. The number of hydrogen-bond acceptors (Lipinski definition) is 3. The highest BCUT2D eigenvalue weighted by Crippen LogP contribution is 2.37. The predicted molar refractivity (Wildman–Crippen MR) is 104 cm³/mol. The van der Waals surface area contributed by atoms with E-state index in [1.807, 2.05) is 0 Å². The van der Waals surface area contributed by atoms with Gasteiger partial charge in [0.25, 0.3) is 5.91 Å². The monoisotopic (exact) mass is 496 g/mol. The van der Waals surface area contributed by atoms with E-state index in [0.717, 1.165) is 29.7 Å². The third kappa shape index (κ3) is 4.65. The molecule has 0 bridgehead atoms. The van der Waals surface area contributed by atoms with Gasteiger partial charge in [0.1, 0.15) is 6.04 Å². The average molecular weight is 497 g/mol. The molecule has 0 fully saturated rings. The lowest BCUT2D eigenvalue weighted by atomic mass is 10.1. The fourth-order valence-electron chi connectivity index (χ4n) is 2.81. The van der Waals surface area contributed by atoms with Crippen LogP contribution in [0.2, 0.25) is 5.02 Å². The Morgan fingerprint density at radius 2 is 1.69 bits per heavy atom. The van der Waals surface area contributed by atoms with Gasteiger partial charge in [0, 0.05) is 5.56 Å². The van der Waals surface area contributed by atoms with Crippen molar-refractivity contribution in [3.8, 4) is 0 Å². The molecule has 0 aliphatic rings. The minimum Gasteiger partial charge on any atom is -0.480 e. The van der Waals surface area contributed by atoms with Crippen LogP contribution < -0.4 is 4.80 Å². The molecule has 0 radical (unpaired) electrons. The number of alkyl halides is 6. The van der Waals surface area contributed by atoms with E-state index in [9.17, 15) is 41.0 Å². The van der Waals surface area contributed by atoms with Gasteiger partial charge in [-0.2, -0.15) is 31.3 Å². The summed E-state index contributed by atoms with van der Waals surface area (Å²) in [5.41, 5.74) is -2.91. The van der Waals surface area contributed by atoms with E-state index in [1.54, 1.807) is 0 Å². The highest BCUT2D eigenvalue weighted by Gasteiger charge is 2.33. The van der Waals surface area contributed by atoms with E-state index in [-0.39, 0.29) is 20.0 Å². The first-order valence-electron chi connectivity index (χ1n) is 8.61. The Bertz CT molecular complexity index is 1290. The molecular formula is C19H11ClF6N2O3S. The molecule has 1 heterocycles. The number of thiazole rings is 1. The fraction of sp³-hybridized carbons (Fsp3) is 0.211. The molecule has 3 rings (SSSR count). The Hall–Kier alpha value is -2.86. The van der Waals surface area contributed by atoms with Gasteiger partial charge in [0.2, 0.25) is 0 Å². The third-order valence-electron chi connectivity index (χ3n) is 4.39. The normalized spacial score (nSPS) is 14.1. The molecule has 0 aliphatic carbocycles. The number of nitrogens with zero attached hydrogens (tertiary/aromatic N) is 2. The van der Waals surface area contributed by atoms with Crippen LogP contribution in [0.5, 0.6) is 0 Å². The number of rotatable bonds is 3. The molecule has 2 aromatic carbocycles. The molecule has 13 heteroatoms. The maximum atomic E-state index is 13.2. The number of amides is 1. The number of benzene rings is 2. The second-order valence-corrected chi connectivity index (χ2v) is 7.95. The quantitative estimate of drug-likeness (QED) is 0.467. The molecule has 1 aromatic heterocycles. The van der Waals surface area contributed by atoms with Crippen LogP contribution in [-0.4, -0.2) is 21.6 Å². The zero-order chi connectivity index (χ0) is 24.0. The Morgan fingerprint density at radius 1 is 1.06 bits per heavy atom. The lowest BCUT2D eigenvalue weighted by Crippen LogP contribution is -2.26. The number of aliphatic carboxylic acids is 1. The Labute approximate surface area is 184 Å². The summed E-state index contributed by atoms with van der Waals surface area (Å²) in [6.45, 7) is 1.15. The number of fused-ring (bicyclic) bond motifs is 1. The lowest BCUT2D eigenvalue weighted by molar-refractivity contribution is -0.140. The first-order chi connectivity index (χ1) is 14.7. The number of hydrogen-bond donors (Lipinski definition) is 1. The van der Waals surface area contributed by atoms with Crippen molar-refractivity contribution >= 4 is 45.0 Å². The number of carboxylic acids is 1. The smallest absolute Gasteiger partial charge is 0.416 e. The van der Waals surface area contributed by atoms with Crippen molar-refractivity contribution in [2.45, 2.75) is 25.3 Å². The van der Waals surface area contributed by atoms with Gasteiger partial charge >= 0.3 is 18.3 Å². The molecule has 32 heavy (non-hydrogen) atoms. The maximum Gasteiger partial charge on any atom is 0.416 e. The van der Waals surface area contributed by atoms with Crippen molar-refractivity contribution in [1.82, 2.24) is 4.57 Å². The van der Waals surface area contributed by atoms with Crippen LogP contribution >= 0.6 is 22.9 Å². The fourth-order valence-corrected chi connectivity index (χ4v) is 4.22. The zero-order valence-corrected chi connectivity index (χ0v) is 17.3. The van der Waals surface area contributed by atoms with Crippen molar-refractivity contribution < 1.29 is 41.0 Å². The standard InChI is InChI=1S/C19H11ClF6N2O3S/c1-8(16(30)31)28-13-7-11(19(24,25)26)6-12(20)14(13)32-17(28)27-15(29)9-3-2-4-10(5-9)18(21,22)23/h2-8H,1H3,(H,30,31)/b27-17-. The highest BCUT2D eigenvalue weighted by atomic mass is 35.5. The van der Waals surface area contributed by atoms with Crippen LogP contribution in [0.3, 0.4) is 0 Å². The molecule has 0 spiro atoms. The summed E-state index contributed by atoms with van der Waals surface area (Å²) >= 11 is 6.60. The molecule has 0 saturated heterocycles. The molecule has 0 saturated carbocycles. The van der Waals surface area contributed by atoms with Crippen LogP contribution in [0.4, 0.5) is 26.3 Å². The minimum absolute atomic E-state index is 0.0309. The number of carbonyl (C=O) groups is 2. The van der Waals surface area contributed by atoms with Gasteiger partial charge in [-0.05, 0) is 37.3 Å². The van der Waals surface area contributed by atoms with Gasteiger partial charge < -0.3 is 9.67 Å². The van der Waals surface area contributed by atoms with E-state index >= 15 is 0 Å².